The first kappa shape index (κ1) is 17.4. The topological polar surface area (TPSA) is 57.3 Å². The molecule has 0 radical (unpaired) electrons. The van der Waals surface area contributed by atoms with Gasteiger partial charge in [0, 0.05) is 17.8 Å². The maximum Gasteiger partial charge on any atom is 0.323 e. The first-order valence-electron chi connectivity index (χ1n) is 8.62. The van der Waals surface area contributed by atoms with Crippen LogP contribution in [0.2, 0.25) is 0 Å². The number of hydrogen-bond acceptors (Lipinski definition) is 3. The van der Waals surface area contributed by atoms with Gasteiger partial charge in [-0.1, -0.05) is 18.6 Å². The molecule has 0 saturated carbocycles. The van der Waals surface area contributed by atoms with Crippen molar-refractivity contribution in [3.63, 3.8) is 0 Å². The maximum atomic E-state index is 14.7. The van der Waals surface area contributed by atoms with Gasteiger partial charge in [0.2, 0.25) is 0 Å². The van der Waals surface area contributed by atoms with Crippen LogP contribution in [-0.2, 0) is 6.54 Å². The van der Waals surface area contributed by atoms with Crippen molar-refractivity contribution in [2.24, 2.45) is 0 Å². The first-order valence-corrected chi connectivity index (χ1v) is 8.62. The molecule has 0 bridgehead atoms. The third-order valence-electron chi connectivity index (χ3n) is 4.34. The van der Waals surface area contributed by atoms with E-state index in [1.54, 1.807) is 36.5 Å². The van der Waals surface area contributed by atoms with Crippen molar-refractivity contribution in [3.8, 4) is 0 Å². The summed E-state index contributed by atoms with van der Waals surface area (Å²) in [5, 5.41) is 5.24. The zero-order valence-electron chi connectivity index (χ0n) is 14.4. The number of anilines is 2. The number of piperidine rings is 1. The number of nitrogens with one attached hydrogen (secondary N) is 2. The number of benzene rings is 1. The lowest BCUT2D eigenvalue weighted by Crippen LogP contribution is -2.29. The minimum absolute atomic E-state index is 0.187. The molecule has 25 heavy (non-hydrogen) atoms. The van der Waals surface area contributed by atoms with E-state index >= 15 is 0 Å². The fourth-order valence-corrected chi connectivity index (χ4v) is 2.98. The zero-order valence-corrected chi connectivity index (χ0v) is 14.4. The van der Waals surface area contributed by atoms with Crippen LogP contribution in [0.25, 0.3) is 0 Å². The Hall–Kier alpha value is -2.47. The number of hydrogen-bond donors (Lipinski definition) is 2. The maximum absolute atomic E-state index is 14.7. The molecule has 0 unspecified atom stereocenters. The molecule has 1 aromatic carbocycles. The van der Waals surface area contributed by atoms with Crippen molar-refractivity contribution in [3.05, 3.63) is 53.6 Å². The Morgan fingerprint density at radius 3 is 2.68 bits per heavy atom. The van der Waals surface area contributed by atoms with Gasteiger partial charge in [-0.2, -0.15) is 0 Å². The highest BCUT2D eigenvalue weighted by Gasteiger charge is 2.15. The van der Waals surface area contributed by atoms with Crippen molar-refractivity contribution in [2.75, 3.05) is 23.7 Å². The average molecular weight is 342 g/mol. The van der Waals surface area contributed by atoms with Gasteiger partial charge in [0.1, 0.15) is 0 Å². The number of halogens is 1. The molecule has 0 spiro atoms. The summed E-state index contributed by atoms with van der Waals surface area (Å²) in [5.74, 6) is -0.370. The molecule has 5 nitrogen and oxygen atoms in total. The van der Waals surface area contributed by atoms with Crippen LogP contribution in [0.4, 0.5) is 20.6 Å². The molecule has 2 aromatic rings. The fourth-order valence-electron chi connectivity index (χ4n) is 2.98. The Morgan fingerprint density at radius 1 is 1.16 bits per heavy atom. The van der Waals surface area contributed by atoms with E-state index in [2.05, 4.69) is 20.5 Å². The fraction of sp³-hybridized carbons (Fsp3) is 0.368. The van der Waals surface area contributed by atoms with Crippen molar-refractivity contribution < 1.29 is 9.18 Å². The molecule has 6 heteroatoms. The Balaban J connectivity index is 1.64. The molecule has 132 valence electrons. The Morgan fingerprint density at radius 2 is 1.96 bits per heavy atom. The molecule has 1 fully saturated rings. The van der Waals surface area contributed by atoms with E-state index in [0.29, 0.717) is 17.8 Å². The van der Waals surface area contributed by atoms with Crippen LogP contribution in [0, 0.1) is 12.7 Å². The molecule has 2 amide bonds. The lowest BCUT2D eigenvalue weighted by atomic mass is 10.1. The highest BCUT2D eigenvalue weighted by molar-refractivity contribution is 5.99. The molecule has 2 N–H and O–H groups in total. The second-order valence-electron chi connectivity index (χ2n) is 6.38. The highest BCUT2D eigenvalue weighted by atomic mass is 19.1. The quantitative estimate of drug-likeness (QED) is 0.877. The molecule has 1 aliphatic rings. The standard InChI is InChI=1S/C19H23FN4O/c1-14-8-9-16(12-21-14)22-19(25)23-17-7-5-6-15(18(17)20)13-24-10-3-2-4-11-24/h5-9,12H,2-4,10-11,13H2,1H3,(H2,22,23,25). The lowest BCUT2D eigenvalue weighted by molar-refractivity contribution is 0.218. The van der Waals surface area contributed by atoms with E-state index in [4.69, 9.17) is 0 Å². The number of nitrogens with zero attached hydrogens (tertiary/aromatic N) is 2. The van der Waals surface area contributed by atoms with Crippen LogP contribution in [0.1, 0.15) is 30.5 Å². The molecule has 1 aliphatic heterocycles. The van der Waals surface area contributed by atoms with Crippen LogP contribution < -0.4 is 10.6 Å². The second kappa shape index (κ2) is 8.07. The van der Waals surface area contributed by atoms with Gasteiger partial charge < -0.3 is 10.6 Å². The van der Waals surface area contributed by atoms with Crippen molar-refractivity contribution in [2.45, 2.75) is 32.7 Å². The summed E-state index contributed by atoms with van der Waals surface area (Å²) in [6.45, 7) is 4.44. The van der Waals surface area contributed by atoms with Gasteiger partial charge in [-0.15, -0.1) is 0 Å². The van der Waals surface area contributed by atoms with Crippen LogP contribution in [0.15, 0.2) is 36.5 Å². The van der Waals surface area contributed by atoms with Gasteiger partial charge in [0.05, 0.1) is 17.6 Å². The summed E-state index contributed by atoms with van der Waals surface area (Å²) in [6.07, 6.45) is 5.13. The lowest BCUT2D eigenvalue weighted by Gasteiger charge is -2.26. The van der Waals surface area contributed by atoms with E-state index < -0.39 is 6.03 Å². The molecule has 3 rings (SSSR count). The molecule has 0 atom stereocenters. The number of urea groups is 1. The zero-order chi connectivity index (χ0) is 17.6. The SMILES string of the molecule is Cc1ccc(NC(=O)Nc2cccc(CN3CCCCC3)c2F)cn1. The van der Waals surface area contributed by atoms with Gasteiger partial charge in [-0.05, 0) is 51.1 Å². The van der Waals surface area contributed by atoms with Gasteiger partial charge in [-0.3, -0.25) is 9.88 Å². The summed E-state index contributed by atoms with van der Waals surface area (Å²) in [5.41, 5.74) is 2.22. The van der Waals surface area contributed by atoms with Crippen LogP contribution in [-0.4, -0.2) is 29.0 Å². The Kier molecular flexibility index (Phi) is 5.60. The predicted molar refractivity (Wildman–Crippen MR) is 97.1 cm³/mol. The first-order chi connectivity index (χ1) is 12.1. The molecule has 1 aromatic heterocycles. The summed E-state index contributed by atoms with van der Waals surface area (Å²) < 4.78 is 14.7. The number of carbonyl (C=O) groups excluding carboxylic acids is 1. The van der Waals surface area contributed by atoms with Crippen molar-refractivity contribution in [1.82, 2.24) is 9.88 Å². The van der Waals surface area contributed by atoms with Gasteiger partial charge >= 0.3 is 6.03 Å². The monoisotopic (exact) mass is 342 g/mol. The number of amides is 2. The highest BCUT2D eigenvalue weighted by Crippen LogP contribution is 2.21. The number of carbonyl (C=O) groups is 1. The predicted octanol–water partition coefficient (Wildman–Crippen LogP) is 4.16. The minimum atomic E-state index is -0.486. The average Bonchev–Trinajstić information content (AvgIpc) is 2.61. The van der Waals surface area contributed by atoms with Crippen LogP contribution in [0.3, 0.4) is 0 Å². The van der Waals surface area contributed by atoms with Gasteiger partial charge in [0.15, 0.2) is 5.82 Å². The summed E-state index contributed by atoms with van der Waals surface area (Å²) in [4.78, 5) is 18.5. The largest absolute Gasteiger partial charge is 0.323 e. The number of rotatable bonds is 4. The van der Waals surface area contributed by atoms with Crippen LogP contribution in [0.5, 0.6) is 0 Å². The van der Waals surface area contributed by atoms with Gasteiger partial charge in [-0.25, -0.2) is 9.18 Å². The normalized spacial score (nSPS) is 15.0. The summed E-state index contributed by atoms with van der Waals surface area (Å²) in [7, 11) is 0. The Labute approximate surface area is 147 Å². The molecule has 0 aliphatic carbocycles. The number of likely N-dealkylation sites (tertiary alicyclic amines) is 1. The van der Waals surface area contributed by atoms with E-state index in [-0.39, 0.29) is 11.5 Å². The molecular weight excluding hydrogens is 319 g/mol. The van der Waals surface area contributed by atoms with Gasteiger partial charge in [0.25, 0.3) is 0 Å². The van der Waals surface area contributed by atoms with E-state index in [1.807, 2.05) is 6.92 Å². The minimum Gasteiger partial charge on any atom is -0.306 e. The third kappa shape index (κ3) is 4.76. The molecule has 1 saturated heterocycles. The Bertz CT molecular complexity index is 727. The van der Waals surface area contributed by atoms with E-state index in [0.717, 1.165) is 31.6 Å². The van der Waals surface area contributed by atoms with E-state index in [1.165, 1.54) is 6.42 Å². The van der Waals surface area contributed by atoms with Crippen LogP contribution >= 0.6 is 0 Å². The number of aromatic nitrogens is 1. The number of aryl methyl sites for hydroxylation is 1. The molecular formula is C19H23FN4O. The molecule has 2 heterocycles. The van der Waals surface area contributed by atoms with Crippen molar-refractivity contribution >= 4 is 17.4 Å². The smallest absolute Gasteiger partial charge is 0.306 e. The summed E-state index contributed by atoms with van der Waals surface area (Å²) >= 11 is 0. The number of pyridine rings is 1. The second-order valence-corrected chi connectivity index (χ2v) is 6.38. The van der Waals surface area contributed by atoms with Crippen molar-refractivity contribution in [1.29, 1.82) is 0 Å². The summed E-state index contributed by atoms with van der Waals surface area (Å²) in [6, 6.07) is 8.19. The van der Waals surface area contributed by atoms with E-state index in [9.17, 15) is 9.18 Å². The third-order valence-corrected chi connectivity index (χ3v) is 4.34.